The first-order chi connectivity index (χ1) is 16.1. The van der Waals surface area contributed by atoms with E-state index in [9.17, 15) is 9.59 Å². The highest BCUT2D eigenvalue weighted by molar-refractivity contribution is 5.98. The summed E-state index contributed by atoms with van der Waals surface area (Å²) >= 11 is 0. The van der Waals surface area contributed by atoms with Crippen LogP contribution in [0.4, 0.5) is 0 Å². The number of rotatable bonds is 8. The molecule has 1 aliphatic heterocycles. The molecule has 0 bridgehead atoms. The van der Waals surface area contributed by atoms with Gasteiger partial charge in [-0.3, -0.25) is 14.6 Å². The standard InChI is InChI=1S/C28H33N3O2/c1-21(26-10-6-15-29-20-26)27(32)30-16-5-4-7-22-13-17-31(18-14-22)28(33)25-12-11-23-8-2-3-9-24(23)19-25/h2-3,6,8-12,15,19-22H,4-5,7,13-14,16-18H2,1H3,(H,30,32). The number of hydrogen-bond acceptors (Lipinski definition) is 3. The van der Waals surface area contributed by atoms with Crippen molar-refractivity contribution < 1.29 is 9.59 Å². The van der Waals surface area contributed by atoms with Crippen LogP contribution in [0.3, 0.4) is 0 Å². The fraction of sp³-hybridized carbons (Fsp3) is 0.393. The molecule has 1 fully saturated rings. The fourth-order valence-corrected chi connectivity index (χ4v) is 4.64. The van der Waals surface area contributed by atoms with Gasteiger partial charge in [-0.25, -0.2) is 0 Å². The smallest absolute Gasteiger partial charge is 0.253 e. The molecule has 0 aliphatic carbocycles. The summed E-state index contributed by atoms with van der Waals surface area (Å²) in [5.74, 6) is 0.687. The van der Waals surface area contributed by atoms with E-state index in [1.807, 2.05) is 54.3 Å². The number of carbonyl (C=O) groups is 2. The van der Waals surface area contributed by atoms with Crippen LogP contribution in [0.25, 0.3) is 10.8 Å². The maximum atomic E-state index is 13.0. The van der Waals surface area contributed by atoms with E-state index in [0.29, 0.717) is 12.5 Å². The molecule has 1 aliphatic rings. The molecular weight excluding hydrogens is 410 g/mol. The first-order valence-corrected chi connectivity index (χ1v) is 12.1. The van der Waals surface area contributed by atoms with Crippen LogP contribution >= 0.6 is 0 Å². The summed E-state index contributed by atoms with van der Waals surface area (Å²) in [7, 11) is 0. The van der Waals surface area contributed by atoms with Gasteiger partial charge in [0.2, 0.25) is 5.91 Å². The van der Waals surface area contributed by atoms with Gasteiger partial charge in [-0.1, -0.05) is 49.2 Å². The summed E-state index contributed by atoms with van der Waals surface area (Å²) in [4.78, 5) is 31.4. The quantitative estimate of drug-likeness (QED) is 0.488. The van der Waals surface area contributed by atoms with Gasteiger partial charge in [-0.15, -0.1) is 0 Å². The Morgan fingerprint density at radius 1 is 1.03 bits per heavy atom. The molecule has 3 aromatic rings. The molecule has 0 spiro atoms. The van der Waals surface area contributed by atoms with Gasteiger partial charge in [0.05, 0.1) is 5.92 Å². The van der Waals surface area contributed by atoms with E-state index in [2.05, 4.69) is 22.4 Å². The molecule has 4 rings (SSSR count). The lowest BCUT2D eigenvalue weighted by Gasteiger charge is -2.32. The Morgan fingerprint density at radius 2 is 1.82 bits per heavy atom. The van der Waals surface area contributed by atoms with Crippen LogP contribution in [-0.2, 0) is 4.79 Å². The highest BCUT2D eigenvalue weighted by Gasteiger charge is 2.23. The summed E-state index contributed by atoms with van der Waals surface area (Å²) in [6, 6.07) is 17.9. The third kappa shape index (κ3) is 5.98. The molecule has 5 heteroatoms. The summed E-state index contributed by atoms with van der Waals surface area (Å²) in [5, 5.41) is 5.33. The first kappa shape index (κ1) is 23.0. The second-order valence-electron chi connectivity index (χ2n) is 9.09. The number of pyridine rings is 1. The van der Waals surface area contributed by atoms with E-state index < -0.39 is 0 Å². The van der Waals surface area contributed by atoms with Crippen molar-refractivity contribution in [3.05, 3.63) is 78.1 Å². The molecule has 1 saturated heterocycles. The van der Waals surface area contributed by atoms with Crippen molar-refractivity contribution in [2.24, 2.45) is 5.92 Å². The van der Waals surface area contributed by atoms with E-state index >= 15 is 0 Å². The van der Waals surface area contributed by atoms with Crippen molar-refractivity contribution in [2.45, 2.75) is 44.9 Å². The summed E-state index contributed by atoms with van der Waals surface area (Å²) in [6.07, 6.45) is 8.84. The van der Waals surface area contributed by atoms with Crippen LogP contribution in [0, 0.1) is 5.92 Å². The van der Waals surface area contributed by atoms with E-state index in [1.54, 1.807) is 12.4 Å². The number of hydrogen-bond donors (Lipinski definition) is 1. The number of piperidine rings is 1. The van der Waals surface area contributed by atoms with Gasteiger partial charge in [-0.2, -0.15) is 0 Å². The van der Waals surface area contributed by atoms with E-state index in [-0.39, 0.29) is 17.7 Å². The van der Waals surface area contributed by atoms with Crippen molar-refractivity contribution in [3.8, 4) is 0 Å². The van der Waals surface area contributed by atoms with Crippen LogP contribution in [0.15, 0.2) is 67.0 Å². The highest BCUT2D eigenvalue weighted by Crippen LogP contribution is 2.25. The highest BCUT2D eigenvalue weighted by atomic mass is 16.2. The molecule has 172 valence electrons. The van der Waals surface area contributed by atoms with E-state index in [4.69, 9.17) is 0 Å². The van der Waals surface area contributed by atoms with Gasteiger partial charge < -0.3 is 10.2 Å². The Morgan fingerprint density at radius 3 is 2.58 bits per heavy atom. The number of nitrogens with zero attached hydrogens (tertiary/aromatic N) is 2. The lowest BCUT2D eigenvalue weighted by atomic mass is 9.91. The Hall–Kier alpha value is -3.21. The molecule has 1 N–H and O–H groups in total. The number of nitrogens with one attached hydrogen (secondary N) is 1. The fourth-order valence-electron chi connectivity index (χ4n) is 4.64. The SMILES string of the molecule is CC(C(=O)NCCCCC1CCN(C(=O)c2ccc3ccccc3c2)CC1)c1cccnc1. The lowest BCUT2D eigenvalue weighted by molar-refractivity contribution is -0.122. The molecule has 33 heavy (non-hydrogen) atoms. The summed E-state index contributed by atoms with van der Waals surface area (Å²) in [6.45, 7) is 4.29. The zero-order valence-corrected chi connectivity index (χ0v) is 19.4. The van der Waals surface area contributed by atoms with Crippen molar-refractivity contribution in [3.63, 3.8) is 0 Å². The topological polar surface area (TPSA) is 62.3 Å². The lowest BCUT2D eigenvalue weighted by Crippen LogP contribution is -2.38. The summed E-state index contributed by atoms with van der Waals surface area (Å²) in [5.41, 5.74) is 1.73. The predicted octanol–water partition coefficient (Wildman–Crippen LogP) is 5.18. The van der Waals surface area contributed by atoms with Gasteiger partial charge in [0.15, 0.2) is 0 Å². The zero-order chi connectivity index (χ0) is 23.0. The Kier molecular flexibility index (Phi) is 7.71. The van der Waals surface area contributed by atoms with Gasteiger partial charge >= 0.3 is 0 Å². The van der Waals surface area contributed by atoms with Gasteiger partial charge in [0.25, 0.3) is 5.91 Å². The van der Waals surface area contributed by atoms with Crippen molar-refractivity contribution in [1.82, 2.24) is 15.2 Å². The number of benzene rings is 2. The maximum Gasteiger partial charge on any atom is 0.253 e. The third-order valence-electron chi connectivity index (χ3n) is 6.81. The molecule has 5 nitrogen and oxygen atoms in total. The van der Waals surface area contributed by atoms with Crippen LogP contribution in [-0.4, -0.2) is 41.3 Å². The number of aromatic nitrogens is 1. The first-order valence-electron chi connectivity index (χ1n) is 12.1. The molecule has 0 radical (unpaired) electrons. The van der Waals surface area contributed by atoms with Crippen LogP contribution < -0.4 is 5.32 Å². The van der Waals surface area contributed by atoms with Crippen LogP contribution in [0.5, 0.6) is 0 Å². The second-order valence-corrected chi connectivity index (χ2v) is 9.09. The normalized spacial score (nSPS) is 15.4. The molecule has 2 amide bonds. The average molecular weight is 444 g/mol. The Balaban J connectivity index is 1.15. The van der Waals surface area contributed by atoms with Gasteiger partial charge in [-0.05, 0) is 66.6 Å². The largest absolute Gasteiger partial charge is 0.356 e. The minimum absolute atomic E-state index is 0.0588. The number of amides is 2. The van der Waals surface area contributed by atoms with E-state index in [0.717, 1.165) is 67.1 Å². The molecule has 2 heterocycles. The monoisotopic (exact) mass is 443 g/mol. The summed E-state index contributed by atoms with van der Waals surface area (Å²) < 4.78 is 0. The number of unbranched alkanes of at least 4 members (excludes halogenated alkanes) is 1. The van der Waals surface area contributed by atoms with E-state index in [1.165, 1.54) is 0 Å². The second kappa shape index (κ2) is 11.1. The van der Waals surface area contributed by atoms with Crippen molar-refractivity contribution in [2.75, 3.05) is 19.6 Å². The number of likely N-dealkylation sites (tertiary alicyclic amines) is 1. The molecule has 0 saturated carbocycles. The maximum absolute atomic E-state index is 13.0. The number of fused-ring (bicyclic) bond motifs is 1. The predicted molar refractivity (Wildman–Crippen MR) is 132 cm³/mol. The zero-order valence-electron chi connectivity index (χ0n) is 19.4. The van der Waals surface area contributed by atoms with Crippen LogP contribution in [0.1, 0.15) is 60.9 Å². The van der Waals surface area contributed by atoms with Crippen molar-refractivity contribution in [1.29, 1.82) is 0 Å². The third-order valence-corrected chi connectivity index (χ3v) is 6.81. The minimum atomic E-state index is -0.178. The molecule has 2 aromatic carbocycles. The van der Waals surface area contributed by atoms with Crippen molar-refractivity contribution >= 4 is 22.6 Å². The van der Waals surface area contributed by atoms with Crippen LogP contribution in [0.2, 0.25) is 0 Å². The molecular formula is C28H33N3O2. The number of carbonyl (C=O) groups excluding carboxylic acids is 2. The average Bonchev–Trinajstić information content (AvgIpc) is 2.88. The molecule has 1 atom stereocenters. The minimum Gasteiger partial charge on any atom is -0.356 e. The van der Waals surface area contributed by atoms with Gasteiger partial charge in [0.1, 0.15) is 0 Å². The van der Waals surface area contributed by atoms with Gasteiger partial charge in [0, 0.05) is 37.6 Å². The molecule has 1 aromatic heterocycles. The molecule has 1 unspecified atom stereocenters. The Labute approximate surface area is 196 Å². The Bertz CT molecular complexity index is 1070.